The zero-order valence-corrected chi connectivity index (χ0v) is 16.6. The van der Waals surface area contributed by atoms with Gasteiger partial charge in [0, 0.05) is 0 Å². The van der Waals surface area contributed by atoms with Crippen LogP contribution in [0.3, 0.4) is 0 Å². The molecule has 0 spiro atoms. The molecule has 0 aliphatic rings. The lowest BCUT2D eigenvalue weighted by Crippen LogP contribution is -2.32. The highest BCUT2D eigenvalue weighted by Gasteiger charge is 2.11. The van der Waals surface area contributed by atoms with Crippen LogP contribution in [0, 0.1) is 3.57 Å². The van der Waals surface area contributed by atoms with E-state index in [-0.39, 0.29) is 0 Å². The van der Waals surface area contributed by atoms with Crippen LogP contribution >= 0.6 is 22.6 Å². The molecule has 0 unspecified atom stereocenters. The molecule has 1 heterocycles. The number of rotatable bonds is 6. The third-order valence-electron chi connectivity index (χ3n) is 3.70. The molecule has 7 nitrogen and oxygen atoms in total. The number of benzene rings is 2. The quantitative estimate of drug-likeness (QED) is 0.336. The lowest BCUT2D eigenvalue weighted by molar-refractivity contribution is 0.324. The number of nitrogens with zero attached hydrogens (tertiary/aromatic N) is 2. The third-order valence-corrected chi connectivity index (χ3v) is 4.50. The molecule has 0 atom stereocenters. The fraction of sp³-hybridized carbons (Fsp3) is 0.105. The Kier molecular flexibility index (Phi) is 5.75. The summed E-state index contributed by atoms with van der Waals surface area (Å²) in [5, 5.41) is 4.44. The lowest BCUT2D eigenvalue weighted by atomic mass is 10.2. The molecule has 0 bridgehead atoms. The van der Waals surface area contributed by atoms with Crippen LogP contribution in [0.4, 0.5) is 0 Å². The van der Waals surface area contributed by atoms with E-state index >= 15 is 0 Å². The summed E-state index contributed by atoms with van der Waals surface area (Å²) < 4.78 is 12.6. The van der Waals surface area contributed by atoms with E-state index in [1.54, 1.807) is 36.4 Å². The Morgan fingerprint density at radius 1 is 1.30 bits per heavy atom. The fourth-order valence-electron chi connectivity index (χ4n) is 2.48. The summed E-state index contributed by atoms with van der Waals surface area (Å²) in [6, 6.07) is 10.3. The minimum atomic E-state index is -0.609. The smallest absolute Gasteiger partial charge is 0.349 e. The van der Waals surface area contributed by atoms with E-state index in [4.69, 9.17) is 9.47 Å². The number of aromatic nitrogens is 2. The standard InChI is InChI=1S/C19H16IN3O4/c1-3-8-27-17-14(20)9-12(10-16(17)26-2)11-21-23-18(24)13-6-4-5-7-15(13)22-19(23)25/h3-7,9-11H,1,8H2,2H3,(H,22,25). The Labute approximate surface area is 168 Å². The van der Waals surface area contributed by atoms with Gasteiger partial charge in [-0.05, 0) is 52.4 Å². The van der Waals surface area contributed by atoms with Crippen molar-refractivity contribution >= 4 is 39.7 Å². The van der Waals surface area contributed by atoms with Crippen molar-refractivity contribution in [3.63, 3.8) is 0 Å². The van der Waals surface area contributed by atoms with Gasteiger partial charge in [-0.25, -0.2) is 4.79 Å². The minimum Gasteiger partial charge on any atom is -0.493 e. The minimum absolute atomic E-state index is 0.349. The lowest BCUT2D eigenvalue weighted by Gasteiger charge is -2.12. The molecule has 1 aromatic heterocycles. The van der Waals surface area contributed by atoms with Gasteiger partial charge in [-0.15, -0.1) is 4.68 Å². The van der Waals surface area contributed by atoms with E-state index in [1.165, 1.54) is 13.3 Å². The van der Waals surface area contributed by atoms with Gasteiger partial charge in [0.1, 0.15) is 6.61 Å². The molecule has 0 radical (unpaired) electrons. The second kappa shape index (κ2) is 8.21. The van der Waals surface area contributed by atoms with E-state index in [1.807, 2.05) is 6.07 Å². The van der Waals surface area contributed by atoms with Crippen molar-refractivity contribution in [2.24, 2.45) is 5.10 Å². The van der Waals surface area contributed by atoms with Crippen molar-refractivity contribution in [3.8, 4) is 11.5 Å². The zero-order valence-electron chi connectivity index (χ0n) is 14.4. The van der Waals surface area contributed by atoms with Crippen molar-refractivity contribution in [2.45, 2.75) is 0 Å². The summed E-state index contributed by atoms with van der Waals surface area (Å²) in [5.41, 5.74) is 0.0290. The van der Waals surface area contributed by atoms with Crippen LogP contribution < -0.4 is 20.7 Å². The number of methoxy groups -OCH3 is 1. The van der Waals surface area contributed by atoms with Crippen LogP contribution in [0.5, 0.6) is 11.5 Å². The number of ether oxygens (including phenoxy) is 2. The molecule has 1 N–H and O–H groups in total. The van der Waals surface area contributed by atoms with E-state index in [9.17, 15) is 9.59 Å². The van der Waals surface area contributed by atoms with Crippen LogP contribution in [-0.4, -0.2) is 29.6 Å². The molecule has 27 heavy (non-hydrogen) atoms. The number of H-pyrrole nitrogens is 1. The van der Waals surface area contributed by atoms with Gasteiger partial charge in [0.2, 0.25) is 0 Å². The van der Waals surface area contributed by atoms with Gasteiger partial charge in [0.25, 0.3) is 5.56 Å². The first-order chi connectivity index (χ1) is 13.0. The highest BCUT2D eigenvalue weighted by Crippen LogP contribution is 2.33. The monoisotopic (exact) mass is 477 g/mol. The van der Waals surface area contributed by atoms with Crippen LogP contribution in [0.15, 0.2) is 63.7 Å². The fourth-order valence-corrected chi connectivity index (χ4v) is 3.26. The van der Waals surface area contributed by atoms with Gasteiger partial charge >= 0.3 is 5.69 Å². The average molecular weight is 477 g/mol. The number of hydrogen-bond acceptors (Lipinski definition) is 5. The van der Waals surface area contributed by atoms with Crippen LogP contribution in [0.2, 0.25) is 0 Å². The Balaban J connectivity index is 2.03. The van der Waals surface area contributed by atoms with Crippen molar-refractivity contribution in [2.75, 3.05) is 13.7 Å². The average Bonchev–Trinajstić information content (AvgIpc) is 2.66. The topological polar surface area (TPSA) is 85.7 Å². The number of nitrogens with one attached hydrogen (secondary N) is 1. The molecule has 8 heteroatoms. The first kappa shape index (κ1) is 18.9. The van der Waals surface area contributed by atoms with Gasteiger partial charge in [0.15, 0.2) is 11.5 Å². The molecule has 0 aliphatic heterocycles. The summed E-state index contributed by atoms with van der Waals surface area (Å²) in [6.07, 6.45) is 3.07. The van der Waals surface area contributed by atoms with Crippen molar-refractivity contribution in [1.29, 1.82) is 0 Å². The molecule has 3 aromatic rings. The summed E-state index contributed by atoms with van der Waals surface area (Å²) >= 11 is 2.12. The molecule has 0 saturated carbocycles. The van der Waals surface area contributed by atoms with Gasteiger partial charge in [-0.1, -0.05) is 24.8 Å². The Morgan fingerprint density at radius 2 is 2.07 bits per heavy atom. The molecule has 0 aliphatic carbocycles. The van der Waals surface area contributed by atoms with E-state index in [0.29, 0.717) is 34.6 Å². The number of aromatic amines is 1. The maximum atomic E-state index is 12.5. The van der Waals surface area contributed by atoms with E-state index in [2.05, 4.69) is 39.3 Å². The molecule has 0 fully saturated rings. The normalized spacial score (nSPS) is 11.0. The molecule has 0 saturated heterocycles. The molecular formula is C19H16IN3O4. The van der Waals surface area contributed by atoms with Gasteiger partial charge in [-0.3, -0.25) is 4.79 Å². The Hall–Kier alpha value is -2.88. The van der Waals surface area contributed by atoms with Crippen molar-refractivity contribution < 1.29 is 9.47 Å². The predicted molar refractivity (Wildman–Crippen MR) is 113 cm³/mol. The number of fused-ring (bicyclic) bond motifs is 1. The largest absolute Gasteiger partial charge is 0.493 e. The van der Waals surface area contributed by atoms with Gasteiger partial charge < -0.3 is 14.5 Å². The Morgan fingerprint density at radius 3 is 2.81 bits per heavy atom. The maximum Gasteiger partial charge on any atom is 0.349 e. The predicted octanol–water partition coefficient (Wildman–Crippen LogP) is 2.75. The summed E-state index contributed by atoms with van der Waals surface area (Å²) in [6.45, 7) is 3.97. The summed E-state index contributed by atoms with van der Waals surface area (Å²) in [4.78, 5) is 27.3. The second-order valence-corrected chi connectivity index (χ2v) is 6.63. The summed E-state index contributed by atoms with van der Waals surface area (Å²) in [5.74, 6) is 1.11. The molecule has 3 rings (SSSR count). The second-order valence-electron chi connectivity index (χ2n) is 5.47. The van der Waals surface area contributed by atoms with Gasteiger partial charge in [-0.2, -0.15) is 5.10 Å². The van der Waals surface area contributed by atoms with Crippen molar-refractivity contribution in [3.05, 3.63) is 79.0 Å². The van der Waals surface area contributed by atoms with Crippen LogP contribution in [-0.2, 0) is 0 Å². The first-order valence-electron chi connectivity index (χ1n) is 7.95. The molecule has 138 valence electrons. The number of hydrogen-bond donors (Lipinski definition) is 1. The Bertz CT molecular complexity index is 1150. The molecular weight excluding hydrogens is 461 g/mol. The first-order valence-corrected chi connectivity index (χ1v) is 9.02. The number of para-hydroxylation sites is 1. The summed E-state index contributed by atoms with van der Waals surface area (Å²) in [7, 11) is 1.53. The van der Waals surface area contributed by atoms with Crippen LogP contribution in [0.25, 0.3) is 10.9 Å². The van der Waals surface area contributed by atoms with Crippen LogP contribution in [0.1, 0.15) is 5.56 Å². The number of halogens is 1. The molecule has 0 amide bonds. The highest BCUT2D eigenvalue weighted by molar-refractivity contribution is 14.1. The van der Waals surface area contributed by atoms with Gasteiger partial charge in [0.05, 0.1) is 27.8 Å². The molecule has 2 aromatic carbocycles. The van der Waals surface area contributed by atoms with E-state index < -0.39 is 11.2 Å². The van der Waals surface area contributed by atoms with E-state index in [0.717, 1.165) is 8.25 Å². The highest BCUT2D eigenvalue weighted by atomic mass is 127. The zero-order chi connectivity index (χ0) is 19.4. The maximum absolute atomic E-state index is 12.5. The SMILES string of the molecule is C=CCOc1c(I)cc(C=Nn2c(=O)[nH]c3ccccc3c2=O)cc1OC. The van der Waals surface area contributed by atoms with Crippen molar-refractivity contribution in [1.82, 2.24) is 9.66 Å². The third kappa shape index (κ3) is 3.95.